The highest BCUT2D eigenvalue weighted by atomic mass is 16.5. The summed E-state index contributed by atoms with van der Waals surface area (Å²) in [5, 5.41) is 5.74. The van der Waals surface area contributed by atoms with E-state index in [1.54, 1.807) is 30.3 Å². The van der Waals surface area contributed by atoms with Gasteiger partial charge >= 0.3 is 0 Å². The quantitative estimate of drug-likeness (QED) is 0.365. The van der Waals surface area contributed by atoms with Crippen LogP contribution < -0.4 is 15.4 Å². The first-order chi connectivity index (χ1) is 17.1. The number of anilines is 1. The van der Waals surface area contributed by atoms with E-state index in [4.69, 9.17) is 4.74 Å². The van der Waals surface area contributed by atoms with Gasteiger partial charge in [-0.05, 0) is 66.7 Å². The maximum atomic E-state index is 12.3. The average Bonchev–Trinajstić information content (AvgIpc) is 2.90. The maximum Gasteiger partial charge on any atom is 0.251 e. The molecular weight excluding hydrogens is 438 g/mol. The summed E-state index contributed by atoms with van der Waals surface area (Å²) < 4.78 is 5.79. The molecule has 0 spiro atoms. The van der Waals surface area contributed by atoms with Crippen LogP contribution in [0, 0.1) is 0 Å². The molecule has 3 rings (SSSR count). The Hall–Kier alpha value is -3.90. The Labute approximate surface area is 207 Å². The Morgan fingerprint density at radius 1 is 0.886 bits per heavy atom. The van der Waals surface area contributed by atoms with Crippen LogP contribution in [0.15, 0.2) is 84.9 Å². The summed E-state index contributed by atoms with van der Waals surface area (Å²) in [6, 6.07) is 24.4. The van der Waals surface area contributed by atoms with Crippen LogP contribution in [0.1, 0.15) is 35.3 Å². The Morgan fingerprint density at radius 2 is 1.57 bits per heavy atom. The summed E-state index contributed by atoms with van der Waals surface area (Å²) in [5.74, 6) is 0.407. The van der Waals surface area contributed by atoms with Gasteiger partial charge in [0.05, 0.1) is 0 Å². The molecule has 0 bridgehead atoms. The molecule has 0 fully saturated rings. The minimum absolute atomic E-state index is 0.119. The topological polar surface area (TPSA) is 70.7 Å². The number of amides is 2. The second kappa shape index (κ2) is 13.7. The maximum absolute atomic E-state index is 12.3. The molecule has 0 saturated heterocycles. The lowest BCUT2D eigenvalue weighted by atomic mass is 10.2. The highest BCUT2D eigenvalue weighted by Crippen LogP contribution is 2.15. The number of hydrogen-bond donors (Lipinski definition) is 2. The standard InChI is InChI=1S/C29H33N3O3/c1-3-32(4-2)21-20-30-29(34)25-13-15-26(16-14-25)31-28(33)19-12-23-10-17-27(18-11-23)35-22-24-8-6-5-7-9-24/h5-19H,3-4,20-22H2,1-2H3,(H,30,34)(H,31,33)/b19-12+. The fourth-order valence-electron chi connectivity index (χ4n) is 3.45. The molecule has 182 valence electrons. The fourth-order valence-corrected chi connectivity index (χ4v) is 3.45. The van der Waals surface area contributed by atoms with Crippen molar-refractivity contribution in [1.82, 2.24) is 10.2 Å². The van der Waals surface area contributed by atoms with Gasteiger partial charge in [-0.2, -0.15) is 0 Å². The first kappa shape index (κ1) is 25.7. The van der Waals surface area contributed by atoms with Crippen LogP contribution in [0.25, 0.3) is 6.08 Å². The number of carbonyl (C=O) groups excluding carboxylic acids is 2. The van der Waals surface area contributed by atoms with E-state index in [2.05, 4.69) is 29.4 Å². The van der Waals surface area contributed by atoms with Crippen molar-refractivity contribution in [2.75, 3.05) is 31.5 Å². The first-order valence-corrected chi connectivity index (χ1v) is 11.9. The predicted octanol–water partition coefficient (Wildman–Crippen LogP) is 4.99. The van der Waals surface area contributed by atoms with Crippen molar-refractivity contribution in [2.45, 2.75) is 20.5 Å². The van der Waals surface area contributed by atoms with Crippen molar-refractivity contribution in [3.05, 3.63) is 102 Å². The molecule has 2 N–H and O–H groups in total. The molecule has 0 aliphatic carbocycles. The summed E-state index contributed by atoms with van der Waals surface area (Å²) in [7, 11) is 0. The molecule has 0 saturated carbocycles. The molecule has 3 aromatic rings. The zero-order valence-corrected chi connectivity index (χ0v) is 20.4. The van der Waals surface area contributed by atoms with Crippen molar-refractivity contribution >= 4 is 23.6 Å². The van der Waals surface area contributed by atoms with Gasteiger partial charge in [0.1, 0.15) is 12.4 Å². The molecule has 0 heterocycles. The summed E-state index contributed by atoms with van der Waals surface area (Å²) in [6.45, 7) is 8.06. The van der Waals surface area contributed by atoms with Crippen LogP contribution in [0.4, 0.5) is 5.69 Å². The average molecular weight is 472 g/mol. The van der Waals surface area contributed by atoms with Gasteiger partial charge in [-0.15, -0.1) is 0 Å². The van der Waals surface area contributed by atoms with Crippen LogP contribution in [0.5, 0.6) is 5.75 Å². The van der Waals surface area contributed by atoms with Gasteiger partial charge in [-0.3, -0.25) is 9.59 Å². The van der Waals surface area contributed by atoms with Crippen molar-refractivity contribution in [3.63, 3.8) is 0 Å². The van der Waals surface area contributed by atoms with Crippen molar-refractivity contribution in [3.8, 4) is 5.75 Å². The third-order valence-electron chi connectivity index (χ3n) is 5.58. The summed E-state index contributed by atoms with van der Waals surface area (Å²) in [5.41, 5.74) is 3.19. The van der Waals surface area contributed by atoms with Gasteiger partial charge in [0.25, 0.3) is 5.91 Å². The zero-order chi connectivity index (χ0) is 24.9. The minimum atomic E-state index is -0.245. The highest BCUT2D eigenvalue weighted by molar-refractivity contribution is 6.02. The van der Waals surface area contributed by atoms with Gasteiger partial charge in [0.15, 0.2) is 0 Å². The second-order valence-electron chi connectivity index (χ2n) is 8.03. The predicted molar refractivity (Wildman–Crippen MR) is 141 cm³/mol. The van der Waals surface area contributed by atoms with E-state index >= 15 is 0 Å². The van der Waals surface area contributed by atoms with Crippen LogP contribution in [-0.2, 0) is 11.4 Å². The van der Waals surface area contributed by atoms with E-state index in [0.29, 0.717) is 24.4 Å². The van der Waals surface area contributed by atoms with Gasteiger partial charge in [0.2, 0.25) is 5.91 Å². The molecule has 35 heavy (non-hydrogen) atoms. The van der Waals surface area contributed by atoms with Crippen molar-refractivity contribution in [1.29, 1.82) is 0 Å². The summed E-state index contributed by atoms with van der Waals surface area (Å²) in [4.78, 5) is 26.8. The third-order valence-corrected chi connectivity index (χ3v) is 5.58. The summed E-state index contributed by atoms with van der Waals surface area (Å²) >= 11 is 0. The van der Waals surface area contributed by atoms with Gasteiger partial charge < -0.3 is 20.3 Å². The molecule has 0 aliphatic rings. The van der Waals surface area contributed by atoms with Crippen LogP contribution >= 0.6 is 0 Å². The molecule has 2 amide bonds. The Kier molecular flexibility index (Phi) is 10.1. The monoisotopic (exact) mass is 471 g/mol. The van der Waals surface area contributed by atoms with E-state index in [9.17, 15) is 9.59 Å². The zero-order valence-electron chi connectivity index (χ0n) is 20.4. The highest BCUT2D eigenvalue weighted by Gasteiger charge is 2.07. The first-order valence-electron chi connectivity index (χ1n) is 11.9. The number of ether oxygens (including phenoxy) is 1. The normalized spacial score (nSPS) is 10.9. The Balaban J connectivity index is 1.44. The third kappa shape index (κ3) is 8.76. The van der Waals surface area contributed by atoms with Crippen molar-refractivity contribution in [2.24, 2.45) is 0 Å². The molecule has 0 aromatic heterocycles. The Bertz CT molecular complexity index is 1090. The van der Waals surface area contributed by atoms with E-state index in [1.165, 1.54) is 6.08 Å². The molecule has 0 radical (unpaired) electrons. The Morgan fingerprint density at radius 3 is 2.23 bits per heavy atom. The largest absolute Gasteiger partial charge is 0.489 e. The van der Waals surface area contributed by atoms with Gasteiger partial charge in [-0.25, -0.2) is 0 Å². The second-order valence-corrected chi connectivity index (χ2v) is 8.03. The lowest BCUT2D eigenvalue weighted by Gasteiger charge is -2.17. The molecule has 0 atom stereocenters. The minimum Gasteiger partial charge on any atom is -0.489 e. The van der Waals surface area contributed by atoms with Crippen molar-refractivity contribution < 1.29 is 14.3 Å². The van der Waals surface area contributed by atoms with Crippen LogP contribution in [0.3, 0.4) is 0 Å². The van der Waals surface area contributed by atoms with Crippen LogP contribution in [0.2, 0.25) is 0 Å². The number of hydrogen-bond acceptors (Lipinski definition) is 4. The van der Waals surface area contributed by atoms with E-state index in [0.717, 1.165) is 36.5 Å². The molecule has 3 aromatic carbocycles. The molecule has 0 aliphatic heterocycles. The lowest BCUT2D eigenvalue weighted by Crippen LogP contribution is -2.34. The van der Waals surface area contributed by atoms with Crippen LogP contribution in [-0.4, -0.2) is 42.9 Å². The molecule has 6 nitrogen and oxygen atoms in total. The number of rotatable bonds is 12. The number of benzene rings is 3. The summed E-state index contributed by atoms with van der Waals surface area (Å²) in [6.07, 6.45) is 3.22. The van der Waals surface area contributed by atoms with E-state index in [1.807, 2.05) is 54.6 Å². The molecule has 0 unspecified atom stereocenters. The van der Waals surface area contributed by atoms with Gasteiger partial charge in [0, 0.05) is 30.4 Å². The number of likely N-dealkylation sites (N-methyl/N-ethyl adjacent to an activating group) is 1. The smallest absolute Gasteiger partial charge is 0.251 e. The fraction of sp³-hybridized carbons (Fsp3) is 0.241. The SMILES string of the molecule is CCN(CC)CCNC(=O)c1ccc(NC(=O)/C=C/c2ccc(OCc3ccccc3)cc2)cc1. The van der Waals surface area contributed by atoms with E-state index < -0.39 is 0 Å². The van der Waals surface area contributed by atoms with Gasteiger partial charge in [-0.1, -0.05) is 56.3 Å². The van der Waals surface area contributed by atoms with E-state index in [-0.39, 0.29) is 11.8 Å². The number of nitrogens with zero attached hydrogens (tertiary/aromatic N) is 1. The lowest BCUT2D eigenvalue weighted by molar-refractivity contribution is -0.111. The number of carbonyl (C=O) groups is 2. The molecule has 6 heteroatoms. The number of nitrogens with one attached hydrogen (secondary N) is 2. The molecular formula is C29H33N3O3.